The predicted molar refractivity (Wildman–Crippen MR) is 77.8 cm³/mol. The van der Waals surface area contributed by atoms with Crippen LogP contribution in [-0.2, 0) is 9.59 Å². The van der Waals surface area contributed by atoms with Gasteiger partial charge in [-0.15, -0.1) is 0 Å². The molecule has 110 valence electrons. The van der Waals surface area contributed by atoms with Crippen molar-refractivity contribution in [2.75, 3.05) is 6.54 Å². The van der Waals surface area contributed by atoms with E-state index in [2.05, 4.69) is 26.0 Å². The van der Waals surface area contributed by atoms with Crippen molar-refractivity contribution in [2.45, 2.75) is 52.4 Å². The summed E-state index contributed by atoms with van der Waals surface area (Å²) in [4.78, 5) is 26.7. The molecule has 1 heterocycles. The largest absolute Gasteiger partial charge is 0.280 e. The standard InChI is InChI=1S/C17H25NO2/c1-3-5-6-12(4-2)11-18-15(19)17(16(18)20)10-13-7-8-14(17)9-13/h7-8,12-14H,3-6,9-11H2,1-2H3. The van der Waals surface area contributed by atoms with Crippen LogP contribution in [0.15, 0.2) is 12.2 Å². The van der Waals surface area contributed by atoms with Gasteiger partial charge in [0.05, 0.1) is 0 Å². The van der Waals surface area contributed by atoms with E-state index in [0.29, 0.717) is 18.4 Å². The third kappa shape index (κ3) is 1.78. The molecule has 3 heteroatoms. The van der Waals surface area contributed by atoms with Crippen LogP contribution in [0.4, 0.5) is 0 Å². The summed E-state index contributed by atoms with van der Waals surface area (Å²) in [6.07, 6.45) is 10.6. The van der Waals surface area contributed by atoms with Crippen LogP contribution in [0.5, 0.6) is 0 Å². The Balaban J connectivity index is 1.65. The number of nitrogens with zero attached hydrogens (tertiary/aromatic N) is 1. The van der Waals surface area contributed by atoms with Gasteiger partial charge in [0.2, 0.25) is 11.8 Å². The highest BCUT2D eigenvalue weighted by atomic mass is 16.2. The van der Waals surface area contributed by atoms with Crippen molar-refractivity contribution < 1.29 is 9.59 Å². The van der Waals surface area contributed by atoms with Gasteiger partial charge in [-0.2, -0.15) is 0 Å². The van der Waals surface area contributed by atoms with E-state index in [1.54, 1.807) is 4.90 Å². The minimum absolute atomic E-state index is 0.120. The number of allylic oxidation sites excluding steroid dienone is 2. The first-order chi connectivity index (χ1) is 9.63. The number of β-lactam (4-membered cyclic amide) rings is 2. The minimum atomic E-state index is -0.636. The molecule has 3 aliphatic rings. The first-order valence-corrected chi connectivity index (χ1v) is 8.18. The highest BCUT2D eigenvalue weighted by Gasteiger charge is 2.68. The lowest BCUT2D eigenvalue weighted by molar-refractivity contribution is -0.180. The van der Waals surface area contributed by atoms with E-state index in [-0.39, 0.29) is 17.7 Å². The van der Waals surface area contributed by atoms with Crippen LogP contribution in [0, 0.1) is 23.2 Å². The summed E-state index contributed by atoms with van der Waals surface area (Å²) in [7, 11) is 0. The van der Waals surface area contributed by atoms with Crippen LogP contribution >= 0.6 is 0 Å². The monoisotopic (exact) mass is 275 g/mol. The summed E-state index contributed by atoms with van der Waals surface area (Å²) in [5, 5.41) is 0. The Kier molecular flexibility index (Phi) is 3.47. The summed E-state index contributed by atoms with van der Waals surface area (Å²) >= 11 is 0. The topological polar surface area (TPSA) is 37.4 Å². The lowest BCUT2D eigenvalue weighted by Gasteiger charge is -2.48. The van der Waals surface area contributed by atoms with Crippen molar-refractivity contribution in [3.63, 3.8) is 0 Å². The predicted octanol–water partition coefficient (Wildman–Crippen LogP) is 3.15. The summed E-state index contributed by atoms with van der Waals surface area (Å²) in [5.74, 6) is 1.38. The quantitative estimate of drug-likeness (QED) is 0.424. The zero-order valence-electron chi connectivity index (χ0n) is 12.6. The van der Waals surface area contributed by atoms with Crippen LogP contribution in [0.25, 0.3) is 0 Å². The Morgan fingerprint density at radius 1 is 1.30 bits per heavy atom. The highest BCUT2D eigenvalue weighted by Crippen LogP contribution is 2.58. The smallest absolute Gasteiger partial charge is 0.245 e. The SMILES string of the molecule is CCCCC(CC)CN1C(=O)C2(CC3C=CC2C3)C1=O. The average molecular weight is 275 g/mol. The normalized spacial score (nSPS) is 31.2. The summed E-state index contributed by atoms with van der Waals surface area (Å²) in [6.45, 7) is 4.99. The Hall–Kier alpha value is -1.12. The fourth-order valence-electron chi connectivity index (χ4n) is 4.30. The third-order valence-electron chi connectivity index (χ3n) is 5.63. The first kappa shape index (κ1) is 13.8. The molecule has 3 unspecified atom stereocenters. The molecule has 0 radical (unpaired) electrons. The van der Waals surface area contributed by atoms with Crippen molar-refractivity contribution in [3.05, 3.63) is 12.2 Å². The zero-order valence-corrected chi connectivity index (χ0v) is 12.6. The molecule has 1 spiro atoms. The lowest BCUT2D eigenvalue weighted by atomic mass is 9.67. The van der Waals surface area contributed by atoms with Gasteiger partial charge >= 0.3 is 0 Å². The number of amides is 2. The summed E-state index contributed by atoms with van der Waals surface area (Å²) in [5.41, 5.74) is -0.636. The molecule has 2 amide bonds. The Bertz CT molecular complexity index is 438. The van der Waals surface area contributed by atoms with Crippen molar-refractivity contribution in [1.29, 1.82) is 0 Å². The molecule has 2 fully saturated rings. The number of carbonyl (C=O) groups excluding carboxylic acids is 2. The second kappa shape index (κ2) is 5.01. The van der Waals surface area contributed by atoms with Gasteiger partial charge in [-0.3, -0.25) is 14.5 Å². The maximum atomic E-state index is 12.6. The van der Waals surface area contributed by atoms with Crippen molar-refractivity contribution >= 4 is 11.8 Å². The molecule has 3 nitrogen and oxygen atoms in total. The molecule has 3 atom stereocenters. The molecule has 1 aliphatic heterocycles. The highest BCUT2D eigenvalue weighted by molar-refractivity contribution is 6.22. The molecule has 3 rings (SSSR count). The number of hydrogen-bond acceptors (Lipinski definition) is 2. The Morgan fingerprint density at radius 2 is 2.05 bits per heavy atom. The molecule has 2 bridgehead atoms. The van der Waals surface area contributed by atoms with Crippen molar-refractivity contribution in [1.82, 2.24) is 4.90 Å². The third-order valence-corrected chi connectivity index (χ3v) is 5.63. The molecule has 2 aliphatic carbocycles. The molecule has 1 saturated heterocycles. The number of likely N-dealkylation sites (tertiary alicyclic amines) is 1. The fourth-order valence-corrected chi connectivity index (χ4v) is 4.30. The van der Waals surface area contributed by atoms with Gasteiger partial charge in [0.15, 0.2) is 0 Å². The number of imide groups is 1. The first-order valence-electron chi connectivity index (χ1n) is 8.18. The van der Waals surface area contributed by atoms with Gasteiger partial charge in [-0.05, 0) is 31.1 Å². The molecule has 20 heavy (non-hydrogen) atoms. The molecule has 0 N–H and O–H groups in total. The van der Waals surface area contributed by atoms with Crippen LogP contribution < -0.4 is 0 Å². The van der Waals surface area contributed by atoms with Gasteiger partial charge < -0.3 is 0 Å². The maximum Gasteiger partial charge on any atom is 0.245 e. The second-order valence-corrected chi connectivity index (χ2v) is 6.80. The number of fused-ring (bicyclic) bond motifs is 3. The van der Waals surface area contributed by atoms with Gasteiger partial charge in [0, 0.05) is 12.5 Å². The molecular formula is C17H25NO2. The van der Waals surface area contributed by atoms with Gasteiger partial charge in [-0.1, -0.05) is 45.3 Å². The Morgan fingerprint density at radius 3 is 2.55 bits per heavy atom. The van der Waals surface area contributed by atoms with E-state index in [1.807, 2.05) is 0 Å². The van der Waals surface area contributed by atoms with E-state index in [9.17, 15) is 9.59 Å². The number of rotatable bonds is 6. The number of carbonyl (C=O) groups is 2. The number of unbranched alkanes of at least 4 members (excludes halogenated alkanes) is 1. The maximum absolute atomic E-state index is 12.6. The minimum Gasteiger partial charge on any atom is -0.280 e. The zero-order chi connectivity index (χ0) is 14.3. The van der Waals surface area contributed by atoms with Crippen LogP contribution in [0.3, 0.4) is 0 Å². The Labute approximate surface area is 121 Å². The average Bonchev–Trinajstić information content (AvgIpc) is 3.08. The van der Waals surface area contributed by atoms with Gasteiger partial charge in [0.1, 0.15) is 5.41 Å². The second-order valence-electron chi connectivity index (χ2n) is 6.80. The van der Waals surface area contributed by atoms with Crippen LogP contribution in [0.1, 0.15) is 52.4 Å². The summed E-state index contributed by atoms with van der Waals surface area (Å²) < 4.78 is 0. The van der Waals surface area contributed by atoms with Crippen molar-refractivity contribution in [3.8, 4) is 0 Å². The van der Waals surface area contributed by atoms with Gasteiger partial charge in [-0.25, -0.2) is 0 Å². The fraction of sp³-hybridized carbons (Fsp3) is 0.765. The molecular weight excluding hydrogens is 250 g/mol. The summed E-state index contributed by atoms with van der Waals surface area (Å²) in [6, 6.07) is 0. The van der Waals surface area contributed by atoms with E-state index >= 15 is 0 Å². The van der Waals surface area contributed by atoms with Gasteiger partial charge in [0.25, 0.3) is 0 Å². The molecule has 0 aromatic rings. The lowest BCUT2D eigenvalue weighted by Crippen LogP contribution is -2.68. The number of hydrogen-bond donors (Lipinski definition) is 0. The van der Waals surface area contributed by atoms with Crippen LogP contribution in [-0.4, -0.2) is 23.3 Å². The van der Waals surface area contributed by atoms with Crippen molar-refractivity contribution in [2.24, 2.45) is 23.2 Å². The van der Waals surface area contributed by atoms with Crippen LogP contribution in [0.2, 0.25) is 0 Å². The molecule has 0 aromatic heterocycles. The van der Waals surface area contributed by atoms with E-state index < -0.39 is 5.41 Å². The van der Waals surface area contributed by atoms with E-state index in [4.69, 9.17) is 0 Å². The van der Waals surface area contributed by atoms with E-state index in [1.165, 1.54) is 12.8 Å². The molecule has 1 saturated carbocycles. The molecule has 0 aromatic carbocycles. The van der Waals surface area contributed by atoms with E-state index in [0.717, 1.165) is 25.7 Å².